The van der Waals surface area contributed by atoms with Gasteiger partial charge >= 0.3 is 11.9 Å². The molecular weight excluding hydrogens is 685 g/mol. The number of carbonyl (C=O) groups is 2. The Morgan fingerprint density at radius 3 is 1.49 bits per heavy atom. The molecule has 2 heterocycles. The Bertz CT molecular complexity index is 938. The highest BCUT2D eigenvalue weighted by Gasteiger charge is 2.40. The van der Waals surface area contributed by atoms with Crippen LogP contribution in [0.3, 0.4) is 0 Å². The fraction of sp³-hybridized carbons (Fsp3) is 0.958. The number of hydrogen-bond acceptors (Lipinski definition) is 7. The second kappa shape index (κ2) is 27.5. The van der Waals surface area contributed by atoms with Crippen LogP contribution in [0.15, 0.2) is 0 Å². The molecule has 55 heavy (non-hydrogen) atoms. The average Bonchev–Trinajstić information content (AvgIpc) is 3.93. The molecule has 2 aliphatic heterocycles. The van der Waals surface area contributed by atoms with Gasteiger partial charge in [-0.2, -0.15) is 0 Å². The third-order valence-electron chi connectivity index (χ3n) is 14.7. The lowest BCUT2D eigenvalue weighted by atomic mass is 9.71. The number of esters is 2. The maximum atomic E-state index is 13.9. The maximum absolute atomic E-state index is 13.9. The number of unbranched alkanes of at least 4 members (excludes halogenated alkanes) is 11. The maximum Gasteiger partial charge on any atom is 0.308 e. The monoisotopic (exact) mass is 773 g/mol. The number of aliphatic hydroxyl groups excluding tert-OH is 1. The molecule has 0 aromatic heterocycles. The molecule has 4 fully saturated rings. The number of nitrogens with zero attached hydrogens (tertiary/aromatic N) is 2. The van der Waals surface area contributed by atoms with Gasteiger partial charge in [0.05, 0.1) is 17.9 Å². The lowest BCUT2D eigenvalue weighted by molar-refractivity contribution is -0.157. The Balaban J connectivity index is 1.36. The van der Waals surface area contributed by atoms with Gasteiger partial charge in [0.2, 0.25) is 0 Å². The number of aliphatic hydroxyl groups is 1. The van der Waals surface area contributed by atoms with E-state index in [4.69, 9.17) is 9.47 Å². The molecule has 0 aromatic carbocycles. The van der Waals surface area contributed by atoms with Crippen molar-refractivity contribution in [1.29, 1.82) is 0 Å². The van der Waals surface area contributed by atoms with E-state index in [0.717, 1.165) is 84.1 Å². The molecule has 7 nitrogen and oxygen atoms in total. The molecule has 1 spiro atoms. The van der Waals surface area contributed by atoms with E-state index in [1.165, 1.54) is 141 Å². The number of hydrogen-bond donors (Lipinski definition) is 1. The van der Waals surface area contributed by atoms with E-state index in [1.807, 2.05) is 0 Å². The van der Waals surface area contributed by atoms with Crippen molar-refractivity contribution >= 4 is 11.9 Å². The van der Waals surface area contributed by atoms with Crippen LogP contribution < -0.4 is 0 Å². The first kappa shape index (κ1) is 46.5. The summed E-state index contributed by atoms with van der Waals surface area (Å²) in [5.74, 6) is 1.33. The minimum Gasteiger partial charge on any atom is -0.464 e. The summed E-state index contributed by atoms with van der Waals surface area (Å²) in [6.07, 6.45) is 35.8. The molecule has 2 unspecified atom stereocenters. The molecule has 4 aliphatic rings. The average molecular weight is 773 g/mol. The van der Waals surface area contributed by atoms with Crippen LogP contribution in [0.2, 0.25) is 0 Å². The molecule has 4 rings (SSSR count). The van der Waals surface area contributed by atoms with Crippen LogP contribution in [0.5, 0.6) is 0 Å². The van der Waals surface area contributed by atoms with Crippen LogP contribution in [0.1, 0.15) is 206 Å². The van der Waals surface area contributed by atoms with Gasteiger partial charge in [-0.3, -0.25) is 14.5 Å². The van der Waals surface area contributed by atoms with Gasteiger partial charge in [-0.15, -0.1) is 0 Å². The van der Waals surface area contributed by atoms with Gasteiger partial charge in [-0.25, -0.2) is 0 Å². The standard InChI is InChI=1S/C48H88N2O5/c1-3-5-7-9-11-13-25-43(37-41-21-15-16-22-41)46(52)54-39-45(50-34-29-48(30-35-50)27-32-49(33-28-48)31-19-20-36-51)40-55-47(53)44(38-42-23-17-18-24-42)26-14-12-10-8-6-4-2/h41-45,51H,3-40H2,1-2H3. The number of likely N-dealkylation sites (tertiary alicyclic amines) is 2. The second-order valence-electron chi connectivity index (χ2n) is 19.0. The summed E-state index contributed by atoms with van der Waals surface area (Å²) >= 11 is 0. The minimum absolute atomic E-state index is 0.000942. The summed E-state index contributed by atoms with van der Waals surface area (Å²) in [6, 6.07) is -0.0776. The van der Waals surface area contributed by atoms with Crippen molar-refractivity contribution in [3.8, 4) is 0 Å². The highest BCUT2D eigenvalue weighted by atomic mass is 16.5. The Labute approximate surface area is 339 Å². The molecule has 2 atom stereocenters. The van der Waals surface area contributed by atoms with E-state index in [0.29, 0.717) is 37.1 Å². The zero-order valence-corrected chi connectivity index (χ0v) is 36.2. The van der Waals surface area contributed by atoms with Gasteiger partial charge in [-0.1, -0.05) is 142 Å². The summed E-state index contributed by atoms with van der Waals surface area (Å²) in [7, 11) is 0. The third-order valence-corrected chi connectivity index (χ3v) is 14.7. The molecule has 7 heteroatoms. The highest BCUT2D eigenvalue weighted by Crippen LogP contribution is 2.42. The van der Waals surface area contributed by atoms with Crippen LogP contribution in [-0.4, -0.2) is 85.4 Å². The fourth-order valence-corrected chi connectivity index (χ4v) is 10.7. The van der Waals surface area contributed by atoms with Gasteiger partial charge in [0.1, 0.15) is 13.2 Å². The summed E-state index contributed by atoms with van der Waals surface area (Å²) in [6.45, 7) is 10.9. The van der Waals surface area contributed by atoms with Gasteiger partial charge < -0.3 is 19.5 Å². The van der Waals surface area contributed by atoms with Gasteiger partial charge in [0, 0.05) is 6.61 Å². The van der Waals surface area contributed by atoms with Crippen molar-refractivity contribution < 1.29 is 24.2 Å². The lowest BCUT2D eigenvalue weighted by Crippen LogP contribution is -2.52. The SMILES string of the molecule is CCCCCCCCC(CC1CCCC1)C(=O)OCC(COC(=O)C(CCCCCCCC)CC1CCCC1)N1CCC2(CCN(CCCCO)CC2)CC1. The van der Waals surface area contributed by atoms with Crippen LogP contribution in [0.25, 0.3) is 0 Å². The number of ether oxygens (including phenoxy) is 2. The normalized spacial score (nSPS) is 21.6. The zero-order chi connectivity index (χ0) is 39.0. The summed E-state index contributed by atoms with van der Waals surface area (Å²) in [4.78, 5) is 33.0. The molecule has 2 saturated carbocycles. The van der Waals surface area contributed by atoms with E-state index in [9.17, 15) is 14.7 Å². The van der Waals surface area contributed by atoms with Gasteiger partial charge in [-0.05, 0) is 114 Å². The molecule has 0 radical (unpaired) electrons. The predicted molar refractivity (Wildman–Crippen MR) is 227 cm³/mol. The molecule has 2 saturated heterocycles. The van der Waals surface area contributed by atoms with Crippen molar-refractivity contribution in [3.63, 3.8) is 0 Å². The van der Waals surface area contributed by atoms with E-state index in [2.05, 4.69) is 23.6 Å². The lowest BCUT2D eigenvalue weighted by Gasteiger charge is -2.48. The van der Waals surface area contributed by atoms with Crippen LogP contribution >= 0.6 is 0 Å². The van der Waals surface area contributed by atoms with Crippen LogP contribution in [-0.2, 0) is 19.1 Å². The van der Waals surface area contributed by atoms with E-state index in [-0.39, 0.29) is 29.8 Å². The molecule has 0 aromatic rings. The predicted octanol–water partition coefficient (Wildman–Crippen LogP) is 11.3. The Morgan fingerprint density at radius 1 is 0.600 bits per heavy atom. The van der Waals surface area contributed by atoms with E-state index in [1.54, 1.807) is 0 Å². The quantitative estimate of drug-likeness (QED) is 0.0599. The number of carbonyl (C=O) groups excluding carboxylic acids is 2. The minimum atomic E-state index is -0.0776. The van der Waals surface area contributed by atoms with Crippen molar-refractivity contribution in [2.75, 3.05) is 52.5 Å². The first-order chi connectivity index (χ1) is 26.9. The second-order valence-corrected chi connectivity index (χ2v) is 19.0. The molecular formula is C48H88N2O5. The zero-order valence-electron chi connectivity index (χ0n) is 36.2. The highest BCUT2D eigenvalue weighted by molar-refractivity contribution is 5.73. The number of piperidine rings is 2. The van der Waals surface area contributed by atoms with Crippen LogP contribution in [0.4, 0.5) is 0 Å². The molecule has 320 valence electrons. The smallest absolute Gasteiger partial charge is 0.308 e. The Morgan fingerprint density at radius 2 is 1.04 bits per heavy atom. The summed E-state index contributed by atoms with van der Waals surface area (Å²) in [5, 5.41) is 9.23. The topological polar surface area (TPSA) is 79.3 Å². The van der Waals surface area contributed by atoms with Crippen LogP contribution in [0, 0.1) is 29.1 Å². The first-order valence-corrected chi connectivity index (χ1v) is 24.4. The summed E-state index contributed by atoms with van der Waals surface area (Å²) in [5.41, 5.74) is 0.398. The van der Waals surface area contributed by atoms with Gasteiger partial charge in [0.25, 0.3) is 0 Å². The van der Waals surface area contributed by atoms with Crippen molar-refractivity contribution in [2.24, 2.45) is 29.1 Å². The molecule has 1 N–H and O–H groups in total. The van der Waals surface area contributed by atoms with E-state index >= 15 is 0 Å². The van der Waals surface area contributed by atoms with E-state index < -0.39 is 0 Å². The van der Waals surface area contributed by atoms with Gasteiger partial charge in [0.15, 0.2) is 0 Å². The van der Waals surface area contributed by atoms with Crippen molar-refractivity contribution in [1.82, 2.24) is 9.80 Å². The third kappa shape index (κ3) is 17.7. The number of rotatable bonds is 29. The largest absolute Gasteiger partial charge is 0.464 e. The molecule has 2 aliphatic carbocycles. The molecule has 0 amide bonds. The first-order valence-electron chi connectivity index (χ1n) is 24.4. The summed E-state index contributed by atoms with van der Waals surface area (Å²) < 4.78 is 12.7. The van der Waals surface area contributed by atoms with Crippen molar-refractivity contribution in [2.45, 2.75) is 213 Å². The fourth-order valence-electron chi connectivity index (χ4n) is 10.7. The molecule has 0 bridgehead atoms. The van der Waals surface area contributed by atoms with Crippen molar-refractivity contribution in [3.05, 3.63) is 0 Å². The Hall–Kier alpha value is -1.18. The Kier molecular flexibility index (Phi) is 23.3.